The zero-order valence-corrected chi connectivity index (χ0v) is 17.6. The molecule has 1 saturated heterocycles. The molecule has 164 valence electrons. The van der Waals surface area contributed by atoms with Gasteiger partial charge >= 0.3 is 11.9 Å². The first-order chi connectivity index (χ1) is 14.5. The maximum absolute atomic E-state index is 9.10. The van der Waals surface area contributed by atoms with Crippen molar-refractivity contribution in [3.8, 4) is 0 Å². The summed E-state index contributed by atoms with van der Waals surface area (Å²) in [5.74, 6) is 0.578. The molecule has 5 fully saturated rings. The Balaban J connectivity index is 0.000000322. The summed E-state index contributed by atoms with van der Waals surface area (Å²) >= 11 is 0. The van der Waals surface area contributed by atoms with Crippen molar-refractivity contribution in [1.29, 1.82) is 0 Å². The molecular weight excluding hydrogens is 380 g/mol. The van der Waals surface area contributed by atoms with E-state index in [-0.39, 0.29) is 0 Å². The van der Waals surface area contributed by atoms with E-state index in [0.717, 1.165) is 42.3 Å². The number of likely N-dealkylation sites (tertiary alicyclic amines) is 1. The molecule has 0 unspecified atom stereocenters. The Morgan fingerprint density at radius 2 is 1.40 bits per heavy atom. The number of carboxylic acid groups (broad SMARTS) is 2. The van der Waals surface area contributed by atoms with Gasteiger partial charge in [-0.3, -0.25) is 4.90 Å². The highest BCUT2D eigenvalue weighted by Crippen LogP contribution is 2.53. The van der Waals surface area contributed by atoms with Crippen molar-refractivity contribution in [3.05, 3.63) is 35.9 Å². The fraction of sp³-hybridized carbons (Fsp3) is 0.667. The van der Waals surface area contributed by atoms with Gasteiger partial charge in [0, 0.05) is 18.6 Å². The molecule has 5 aliphatic rings. The first-order valence-electron chi connectivity index (χ1n) is 11.5. The van der Waals surface area contributed by atoms with E-state index >= 15 is 0 Å². The van der Waals surface area contributed by atoms with Crippen LogP contribution >= 0.6 is 0 Å². The van der Waals surface area contributed by atoms with Gasteiger partial charge in [0.2, 0.25) is 0 Å². The number of nitrogens with one attached hydrogen (secondary N) is 1. The number of hydrogen-bond donors (Lipinski definition) is 3. The quantitative estimate of drug-likeness (QED) is 0.656. The second-order valence-electron chi connectivity index (χ2n) is 9.77. The Morgan fingerprint density at radius 3 is 1.90 bits per heavy atom. The summed E-state index contributed by atoms with van der Waals surface area (Å²) < 4.78 is 0. The van der Waals surface area contributed by atoms with E-state index in [4.69, 9.17) is 19.8 Å². The van der Waals surface area contributed by atoms with Crippen LogP contribution in [0.3, 0.4) is 0 Å². The summed E-state index contributed by atoms with van der Waals surface area (Å²) in [6.45, 7) is 3.66. The lowest BCUT2D eigenvalue weighted by molar-refractivity contribution is -0.159. The molecule has 6 rings (SSSR count). The van der Waals surface area contributed by atoms with Gasteiger partial charge in [-0.25, -0.2) is 9.59 Å². The number of carbonyl (C=O) groups is 2. The van der Waals surface area contributed by atoms with Gasteiger partial charge in [0.15, 0.2) is 0 Å². The zero-order valence-electron chi connectivity index (χ0n) is 17.6. The van der Waals surface area contributed by atoms with Crippen LogP contribution in [-0.2, 0) is 16.1 Å². The summed E-state index contributed by atoms with van der Waals surface area (Å²) in [4.78, 5) is 20.8. The highest BCUT2D eigenvalue weighted by atomic mass is 16.4. The molecule has 0 amide bonds. The summed E-state index contributed by atoms with van der Waals surface area (Å²) in [6, 6.07) is 12.6. The van der Waals surface area contributed by atoms with Crippen molar-refractivity contribution in [2.24, 2.45) is 23.7 Å². The number of piperidine rings is 1. The average molecular weight is 415 g/mol. The SMILES string of the molecule is O=C(O)C(=O)O.c1ccc(CN2CCC(NC3C4CC5CC(C4)CC3C5)CC2)cc1. The normalized spacial score (nSPS) is 33.0. The second-order valence-corrected chi connectivity index (χ2v) is 9.77. The predicted octanol–water partition coefficient (Wildman–Crippen LogP) is 3.22. The van der Waals surface area contributed by atoms with E-state index in [0.29, 0.717) is 0 Å². The number of carboxylic acids is 2. The molecule has 0 atom stereocenters. The second kappa shape index (κ2) is 9.48. The fourth-order valence-corrected chi connectivity index (χ4v) is 6.57. The molecule has 1 aromatic carbocycles. The van der Waals surface area contributed by atoms with Crippen LogP contribution in [0.4, 0.5) is 0 Å². The third-order valence-corrected chi connectivity index (χ3v) is 7.67. The van der Waals surface area contributed by atoms with Crippen LogP contribution in [0, 0.1) is 23.7 Å². The van der Waals surface area contributed by atoms with Gasteiger partial charge < -0.3 is 15.5 Å². The maximum Gasteiger partial charge on any atom is 0.414 e. The van der Waals surface area contributed by atoms with Crippen molar-refractivity contribution in [2.75, 3.05) is 13.1 Å². The van der Waals surface area contributed by atoms with Gasteiger partial charge in [0.25, 0.3) is 0 Å². The Kier molecular flexibility index (Phi) is 6.74. The highest BCUT2D eigenvalue weighted by Gasteiger charge is 2.48. The predicted molar refractivity (Wildman–Crippen MR) is 114 cm³/mol. The zero-order chi connectivity index (χ0) is 21.1. The van der Waals surface area contributed by atoms with E-state index < -0.39 is 11.9 Å². The van der Waals surface area contributed by atoms with E-state index in [1.807, 2.05) is 0 Å². The van der Waals surface area contributed by atoms with Crippen molar-refractivity contribution in [3.63, 3.8) is 0 Å². The third-order valence-electron chi connectivity index (χ3n) is 7.67. The van der Waals surface area contributed by atoms with Crippen LogP contribution < -0.4 is 5.32 Å². The molecule has 1 aliphatic heterocycles. The highest BCUT2D eigenvalue weighted by molar-refractivity contribution is 6.27. The van der Waals surface area contributed by atoms with Gasteiger partial charge in [0.05, 0.1) is 0 Å². The lowest BCUT2D eigenvalue weighted by Crippen LogP contribution is -2.58. The monoisotopic (exact) mass is 414 g/mol. The Hall–Kier alpha value is -1.92. The van der Waals surface area contributed by atoms with E-state index in [9.17, 15) is 0 Å². The lowest BCUT2D eigenvalue weighted by atomic mass is 9.54. The Labute approximate surface area is 178 Å². The Morgan fingerprint density at radius 1 is 0.867 bits per heavy atom. The number of rotatable bonds is 4. The fourth-order valence-electron chi connectivity index (χ4n) is 6.57. The molecule has 4 saturated carbocycles. The molecule has 1 heterocycles. The summed E-state index contributed by atoms with van der Waals surface area (Å²) in [7, 11) is 0. The first-order valence-corrected chi connectivity index (χ1v) is 11.5. The van der Waals surface area contributed by atoms with E-state index in [1.165, 1.54) is 57.2 Å². The van der Waals surface area contributed by atoms with Crippen LogP contribution in [-0.4, -0.2) is 52.2 Å². The largest absolute Gasteiger partial charge is 0.473 e. The van der Waals surface area contributed by atoms with Crippen LogP contribution in [0.25, 0.3) is 0 Å². The Bertz CT molecular complexity index is 690. The average Bonchev–Trinajstić information content (AvgIpc) is 2.72. The molecule has 4 aliphatic carbocycles. The number of hydrogen-bond acceptors (Lipinski definition) is 4. The topological polar surface area (TPSA) is 89.9 Å². The van der Waals surface area contributed by atoms with Gasteiger partial charge in [0.1, 0.15) is 0 Å². The molecule has 0 spiro atoms. The third kappa shape index (κ3) is 5.22. The van der Waals surface area contributed by atoms with Crippen molar-refractivity contribution in [1.82, 2.24) is 10.2 Å². The van der Waals surface area contributed by atoms with Crippen LogP contribution in [0.15, 0.2) is 30.3 Å². The number of aliphatic carboxylic acids is 2. The molecule has 6 heteroatoms. The molecule has 4 bridgehead atoms. The van der Waals surface area contributed by atoms with Gasteiger partial charge in [-0.1, -0.05) is 30.3 Å². The first kappa shape index (κ1) is 21.3. The van der Waals surface area contributed by atoms with Crippen LogP contribution in [0.5, 0.6) is 0 Å². The molecular formula is C24H34N2O4. The molecule has 6 nitrogen and oxygen atoms in total. The van der Waals surface area contributed by atoms with E-state index in [1.54, 1.807) is 6.42 Å². The summed E-state index contributed by atoms with van der Waals surface area (Å²) in [5.41, 5.74) is 1.46. The van der Waals surface area contributed by atoms with Gasteiger partial charge in [-0.2, -0.15) is 0 Å². The maximum atomic E-state index is 9.10. The smallest absolute Gasteiger partial charge is 0.414 e. The van der Waals surface area contributed by atoms with Crippen molar-refractivity contribution < 1.29 is 19.8 Å². The van der Waals surface area contributed by atoms with Crippen LogP contribution in [0.2, 0.25) is 0 Å². The minimum atomic E-state index is -1.82. The standard InChI is InChI=1S/C22H32N2.C2H2O4/c1-2-4-16(5-3-1)15-24-8-6-21(7-9-24)23-22-19-11-17-10-18(13-19)14-20(22)12-17;3-1(4)2(5)6/h1-5,17-23H,6-15H2;(H,3,4)(H,5,6). The molecule has 1 aromatic rings. The minimum Gasteiger partial charge on any atom is -0.473 e. The summed E-state index contributed by atoms with van der Waals surface area (Å²) in [5, 5.41) is 18.9. The molecule has 30 heavy (non-hydrogen) atoms. The van der Waals surface area contributed by atoms with Crippen LogP contribution in [0.1, 0.15) is 50.5 Å². The number of nitrogens with zero attached hydrogens (tertiary/aromatic N) is 1. The van der Waals surface area contributed by atoms with Crippen molar-refractivity contribution >= 4 is 11.9 Å². The van der Waals surface area contributed by atoms with Crippen molar-refractivity contribution in [2.45, 2.75) is 63.6 Å². The summed E-state index contributed by atoms with van der Waals surface area (Å²) in [6.07, 6.45) is 10.4. The minimum absolute atomic E-state index is 0.777. The molecule has 0 aromatic heterocycles. The van der Waals surface area contributed by atoms with Gasteiger partial charge in [-0.15, -0.1) is 0 Å². The molecule has 3 N–H and O–H groups in total. The van der Waals surface area contributed by atoms with E-state index in [2.05, 4.69) is 40.5 Å². The van der Waals surface area contributed by atoms with Gasteiger partial charge in [-0.05, 0) is 87.3 Å². The number of benzene rings is 1. The molecule has 0 radical (unpaired) electrons. The lowest BCUT2D eigenvalue weighted by Gasteiger charge is -2.55.